The average Bonchev–Trinajstić information content (AvgIpc) is 2.46. The van der Waals surface area contributed by atoms with Crippen molar-refractivity contribution in [3.05, 3.63) is 27.4 Å². The van der Waals surface area contributed by atoms with Gasteiger partial charge in [-0.1, -0.05) is 24.9 Å². The number of halogens is 1. The third-order valence-corrected chi connectivity index (χ3v) is 4.24. The molecule has 1 aromatic rings. The van der Waals surface area contributed by atoms with Crippen LogP contribution in [0, 0.1) is 16.0 Å². The number of nitro groups is 1. The van der Waals surface area contributed by atoms with Gasteiger partial charge in [0, 0.05) is 25.2 Å². The van der Waals surface area contributed by atoms with Gasteiger partial charge in [-0.05, 0) is 18.8 Å². The van der Waals surface area contributed by atoms with Crippen molar-refractivity contribution in [3.8, 4) is 0 Å². The summed E-state index contributed by atoms with van der Waals surface area (Å²) in [6.45, 7) is 3.56. The van der Waals surface area contributed by atoms with Gasteiger partial charge in [-0.15, -0.1) is 0 Å². The van der Waals surface area contributed by atoms with E-state index in [2.05, 4.69) is 16.8 Å². The van der Waals surface area contributed by atoms with Crippen LogP contribution in [0.5, 0.6) is 0 Å². The second-order valence-electron chi connectivity index (χ2n) is 5.14. The molecule has 2 N–H and O–H groups in total. The van der Waals surface area contributed by atoms with E-state index in [1.807, 2.05) is 0 Å². The average molecular weight is 299 g/mol. The van der Waals surface area contributed by atoms with Crippen molar-refractivity contribution in [2.45, 2.75) is 32.2 Å². The number of aromatic nitrogens is 1. The Balaban J connectivity index is 2.24. The molecule has 0 radical (unpaired) electrons. The molecule has 6 nitrogen and oxygen atoms in total. The van der Waals surface area contributed by atoms with Crippen molar-refractivity contribution < 1.29 is 4.92 Å². The number of hydrogen-bond acceptors (Lipinski definition) is 5. The Morgan fingerprint density at radius 3 is 2.95 bits per heavy atom. The van der Waals surface area contributed by atoms with Gasteiger partial charge in [0.25, 0.3) is 5.69 Å². The van der Waals surface area contributed by atoms with Crippen molar-refractivity contribution in [2.75, 3.05) is 18.0 Å². The van der Waals surface area contributed by atoms with Crippen LogP contribution < -0.4 is 10.6 Å². The summed E-state index contributed by atoms with van der Waals surface area (Å²) in [4.78, 5) is 16.5. The zero-order chi connectivity index (χ0) is 14.7. The van der Waals surface area contributed by atoms with Gasteiger partial charge in [0.15, 0.2) is 0 Å². The minimum atomic E-state index is -0.494. The number of rotatable bonds is 4. The van der Waals surface area contributed by atoms with Crippen LogP contribution in [0.4, 0.5) is 11.5 Å². The van der Waals surface area contributed by atoms with E-state index in [4.69, 9.17) is 17.3 Å². The fourth-order valence-corrected chi connectivity index (χ4v) is 3.01. The molecule has 0 aromatic carbocycles. The summed E-state index contributed by atoms with van der Waals surface area (Å²) in [5, 5.41) is 11.0. The van der Waals surface area contributed by atoms with Crippen molar-refractivity contribution in [3.63, 3.8) is 0 Å². The van der Waals surface area contributed by atoms with E-state index in [1.54, 1.807) is 0 Å². The van der Waals surface area contributed by atoms with Crippen molar-refractivity contribution in [1.29, 1.82) is 0 Å². The van der Waals surface area contributed by atoms with Crippen LogP contribution in [0.1, 0.15) is 26.2 Å². The monoisotopic (exact) mass is 298 g/mol. The third-order valence-electron chi connectivity index (χ3n) is 3.96. The maximum atomic E-state index is 10.7. The highest BCUT2D eigenvalue weighted by Gasteiger charge is 2.29. The maximum Gasteiger partial charge on any atom is 0.289 e. The molecule has 2 heterocycles. The molecule has 0 aliphatic carbocycles. The predicted octanol–water partition coefficient (Wildman–Crippen LogP) is 2.60. The first-order chi connectivity index (χ1) is 9.56. The van der Waals surface area contributed by atoms with Crippen molar-refractivity contribution >= 4 is 23.1 Å². The summed E-state index contributed by atoms with van der Waals surface area (Å²) in [6, 6.07) is 1.55. The molecule has 0 spiro atoms. The molecule has 1 aromatic heterocycles. The predicted molar refractivity (Wildman–Crippen MR) is 79.1 cm³/mol. The van der Waals surface area contributed by atoms with Crippen LogP contribution >= 0.6 is 11.6 Å². The summed E-state index contributed by atoms with van der Waals surface area (Å²) in [7, 11) is 0. The molecule has 110 valence electrons. The first kappa shape index (κ1) is 15.0. The lowest BCUT2D eigenvalue weighted by atomic mass is 9.89. The minimum Gasteiger partial charge on any atom is -0.351 e. The molecule has 2 unspecified atom stereocenters. The van der Waals surface area contributed by atoms with E-state index in [1.165, 1.54) is 12.3 Å². The van der Waals surface area contributed by atoms with Gasteiger partial charge in [-0.2, -0.15) is 0 Å². The fourth-order valence-electron chi connectivity index (χ4n) is 2.74. The standard InChI is InChI=1S/C13H19ClN4O2/c1-2-9-3-4-17(10(5-9)7-15)13-12(14)6-11(8-16-13)18(19)20/h6,8-10H,2-5,7,15H2,1H3. The molecule has 2 atom stereocenters. The summed E-state index contributed by atoms with van der Waals surface area (Å²) in [5.74, 6) is 1.28. The molecule has 1 aliphatic rings. The Bertz CT molecular complexity index is 497. The molecule has 1 fully saturated rings. The molecular formula is C13H19ClN4O2. The zero-order valence-electron chi connectivity index (χ0n) is 11.5. The normalized spacial score (nSPS) is 22.9. The van der Waals surface area contributed by atoms with Crippen molar-refractivity contribution in [1.82, 2.24) is 4.98 Å². The number of piperidine rings is 1. The number of nitrogens with two attached hydrogens (primary N) is 1. The lowest BCUT2D eigenvalue weighted by molar-refractivity contribution is -0.385. The Morgan fingerprint density at radius 2 is 2.40 bits per heavy atom. The molecule has 0 saturated carbocycles. The van der Waals surface area contributed by atoms with Gasteiger partial charge < -0.3 is 10.6 Å². The number of pyridine rings is 1. The maximum absolute atomic E-state index is 10.7. The lowest BCUT2D eigenvalue weighted by Gasteiger charge is -2.39. The van der Waals surface area contributed by atoms with E-state index in [-0.39, 0.29) is 11.7 Å². The van der Waals surface area contributed by atoms with Gasteiger partial charge in [0.1, 0.15) is 12.0 Å². The Kier molecular flexibility index (Phi) is 4.77. The lowest BCUT2D eigenvalue weighted by Crippen LogP contribution is -2.47. The molecule has 0 bridgehead atoms. The first-order valence-electron chi connectivity index (χ1n) is 6.83. The van der Waals surface area contributed by atoms with Crippen LogP contribution in [-0.2, 0) is 0 Å². The molecule has 1 aliphatic heterocycles. The van der Waals surface area contributed by atoms with Crippen LogP contribution in [0.15, 0.2) is 12.3 Å². The van der Waals surface area contributed by atoms with E-state index in [9.17, 15) is 10.1 Å². The molecule has 1 saturated heterocycles. The number of anilines is 1. The van der Waals surface area contributed by atoms with E-state index < -0.39 is 4.92 Å². The topological polar surface area (TPSA) is 85.3 Å². The van der Waals surface area contributed by atoms with Gasteiger partial charge >= 0.3 is 0 Å². The van der Waals surface area contributed by atoms with E-state index >= 15 is 0 Å². The molecule has 0 amide bonds. The Hall–Kier alpha value is -1.40. The van der Waals surface area contributed by atoms with E-state index in [0.717, 1.165) is 25.8 Å². The number of hydrogen-bond donors (Lipinski definition) is 1. The quantitative estimate of drug-likeness (QED) is 0.682. The SMILES string of the molecule is CCC1CCN(c2ncc([N+](=O)[O-])cc2Cl)C(CN)C1. The first-order valence-corrected chi connectivity index (χ1v) is 7.21. The smallest absolute Gasteiger partial charge is 0.289 e. The summed E-state index contributed by atoms with van der Waals surface area (Å²) in [6.07, 6.45) is 4.48. The number of nitrogens with zero attached hydrogens (tertiary/aromatic N) is 3. The molecular weight excluding hydrogens is 280 g/mol. The third kappa shape index (κ3) is 3.02. The van der Waals surface area contributed by atoms with Crippen LogP contribution in [-0.4, -0.2) is 29.0 Å². The zero-order valence-corrected chi connectivity index (χ0v) is 12.2. The van der Waals surface area contributed by atoms with Gasteiger partial charge in [-0.25, -0.2) is 4.98 Å². The van der Waals surface area contributed by atoms with Gasteiger partial charge in [0.2, 0.25) is 0 Å². The summed E-state index contributed by atoms with van der Waals surface area (Å²) < 4.78 is 0. The van der Waals surface area contributed by atoms with Gasteiger partial charge in [0.05, 0.1) is 9.95 Å². The summed E-state index contributed by atoms with van der Waals surface area (Å²) >= 11 is 6.15. The highest BCUT2D eigenvalue weighted by atomic mass is 35.5. The fraction of sp³-hybridized carbons (Fsp3) is 0.615. The highest BCUT2D eigenvalue weighted by molar-refractivity contribution is 6.33. The second-order valence-corrected chi connectivity index (χ2v) is 5.54. The summed E-state index contributed by atoms with van der Waals surface area (Å²) in [5.41, 5.74) is 5.76. The highest BCUT2D eigenvalue weighted by Crippen LogP contribution is 2.33. The van der Waals surface area contributed by atoms with Crippen LogP contribution in [0.25, 0.3) is 0 Å². The van der Waals surface area contributed by atoms with E-state index in [0.29, 0.717) is 23.3 Å². The Morgan fingerprint density at radius 1 is 1.65 bits per heavy atom. The van der Waals surface area contributed by atoms with Crippen molar-refractivity contribution in [2.24, 2.45) is 11.7 Å². The molecule has 20 heavy (non-hydrogen) atoms. The second kappa shape index (κ2) is 6.37. The minimum absolute atomic E-state index is 0.0912. The van der Waals surface area contributed by atoms with Crippen LogP contribution in [0.2, 0.25) is 5.02 Å². The molecule has 7 heteroatoms. The van der Waals surface area contributed by atoms with Gasteiger partial charge in [-0.3, -0.25) is 10.1 Å². The molecule has 2 rings (SSSR count). The van der Waals surface area contributed by atoms with Crippen LogP contribution in [0.3, 0.4) is 0 Å². The largest absolute Gasteiger partial charge is 0.351 e. The Labute approximate surface area is 123 Å².